The largest absolute Gasteiger partial charge is 0.393 e. The lowest BCUT2D eigenvalue weighted by Gasteiger charge is -2.16. The molecule has 2 rings (SSSR count). The van der Waals surface area contributed by atoms with E-state index < -0.39 is 0 Å². The van der Waals surface area contributed by atoms with Crippen molar-refractivity contribution in [1.82, 2.24) is 5.32 Å². The Labute approximate surface area is 79.6 Å². The van der Waals surface area contributed by atoms with Crippen LogP contribution in [0.25, 0.3) is 0 Å². The molecule has 1 aromatic carbocycles. The molecular formula is C11H17NO. The number of hydrogen-bond acceptors (Lipinski definition) is 2. The van der Waals surface area contributed by atoms with E-state index in [1.165, 1.54) is 0 Å². The summed E-state index contributed by atoms with van der Waals surface area (Å²) in [5.74, 6) is 0. The first-order chi connectivity index (χ1) is 6.39. The van der Waals surface area contributed by atoms with Crippen molar-refractivity contribution in [3.8, 4) is 0 Å². The van der Waals surface area contributed by atoms with Crippen LogP contribution in [0.15, 0.2) is 36.4 Å². The van der Waals surface area contributed by atoms with E-state index in [9.17, 15) is 0 Å². The van der Waals surface area contributed by atoms with Crippen LogP contribution in [0.5, 0.6) is 0 Å². The number of aliphatic hydroxyl groups excluding tert-OH is 1. The van der Waals surface area contributed by atoms with Crippen LogP contribution in [0.1, 0.15) is 12.8 Å². The maximum atomic E-state index is 8.87. The Morgan fingerprint density at radius 3 is 1.46 bits per heavy atom. The first-order valence-electron chi connectivity index (χ1n) is 4.78. The van der Waals surface area contributed by atoms with E-state index in [1.54, 1.807) is 0 Å². The highest BCUT2D eigenvalue weighted by atomic mass is 16.3. The van der Waals surface area contributed by atoms with Crippen LogP contribution in [0.2, 0.25) is 0 Å². The Kier molecular flexibility index (Phi) is 5.22. The average molecular weight is 179 g/mol. The Morgan fingerprint density at radius 2 is 1.23 bits per heavy atom. The van der Waals surface area contributed by atoms with Gasteiger partial charge in [-0.2, -0.15) is 0 Å². The molecular weight excluding hydrogens is 162 g/mol. The third kappa shape index (κ3) is 5.39. The van der Waals surface area contributed by atoms with E-state index in [0.717, 1.165) is 25.9 Å². The molecule has 0 amide bonds. The van der Waals surface area contributed by atoms with Crippen molar-refractivity contribution in [3.63, 3.8) is 0 Å². The molecule has 1 aliphatic rings. The second-order valence-electron chi connectivity index (χ2n) is 3.14. The SMILES string of the molecule is OC1CCNCC1.c1ccccc1. The predicted molar refractivity (Wildman–Crippen MR) is 54.6 cm³/mol. The fourth-order valence-electron chi connectivity index (χ4n) is 1.19. The van der Waals surface area contributed by atoms with E-state index in [1.807, 2.05) is 36.4 Å². The van der Waals surface area contributed by atoms with Gasteiger partial charge in [0.15, 0.2) is 0 Å². The van der Waals surface area contributed by atoms with E-state index in [2.05, 4.69) is 5.32 Å². The van der Waals surface area contributed by atoms with Crippen LogP contribution < -0.4 is 5.32 Å². The molecule has 0 unspecified atom stereocenters. The van der Waals surface area contributed by atoms with Crippen molar-refractivity contribution < 1.29 is 5.11 Å². The van der Waals surface area contributed by atoms with Crippen LogP contribution in [-0.2, 0) is 0 Å². The van der Waals surface area contributed by atoms with Crippen molar-refractivity contribution in [2.24, 2.45) is 0 Å². The summed E-state index contributed by atoms with van der Waals surface area (Å²) in [5.41, 5.74) is 0. The van der Waals surface area contributed by atoms with Gasteiger partial charge in [-0.3, -0.25) is 0 Å². The molecule has 0 saturated carbocycles. The number of benzene rings is 1. The van der Waals surface area contributed by atoms with Gasteiger partial charge in [-0.15, -0.1) is 0 Å². The smallest absolute Gasteiger partial charge is 0.0564 e. The monoisotopic (exact) mass is 179 g/mol. The lowest BCUT2D eigenvalue weighted by atomic mass is 10.1. The standard InChI is InChI=1S/C6H6.C5H11NO/c1-2-4-6-5-3-1;7-5-1-3-6-4-2-5/h1-6H;5-7H,1-4H2. The molecule has 1 heterocycles. The zero-order chi connectivity index (χ0) is 9.36. The van der Waals surface area contributed by atoms with E-state index >= 15 is 0 Å². The van der Waals surface area contributed by atoms with Crippen molar-refractivity contribution >= 4 is 0 Å². The van der Waals surface area contributed by atoms with Gasteiger partial charge in [0.05, 0.1) is 6.10 Å². The summed E-state index contributed by atoms with van der Waals surface area (Å²) in [6.45, 7) is 1.97. The highest BCUT2D eigenvalue weighted by molar-refractivity contribution is 4.99. The number of aliphatic hydroxyl groups is 1. The number of rotatable bonds is 0. The number of nitrogens with one attached hydrogen (secondary N) is 1. The van der Waals surface area contributed by atoms with Gasteiger partial charge in [0, 0.05) is 0 Å². The summed E-state index contributed by atoms with van der Waals surface area (Å²) in [6.07, 6.45) is 1.83. The van der Waals surface area contributed by atoms with Gasteiger partial charge in [-0.05, 0) is 25.9 Å². The quantitative estimate of drug-likeness (QED) is 0.631. The molecule has 0 bridgehead atoms. The molecule has 13 heavy (non-hydrogen) atoms. The fourth-order valence-corrected chi connectivity index (χ4v) is 1.19. The summed E-state index contributed by atoms with van der Waals surface area (Å²) in [4.78, 5) is 0. The summed E-state index contributed by atoms with van der Waals surface area (Å²) in [5, 5.41) is 12.0. The zero-order valence-corrected chi connectivity index (χ0v) is 7.82. The van der Waals surface area contributed by atoms with Crippen LogP contribution in [0, 0.1) is 0 Å². The van der Waals surface area contributed by atoms with Crippen LogP contribution in [0.3, 0.4) is 0 Å². The molecule has 1 saturated heterocycles. The highest BCUT2D eigenvalue weighted by Crippen LogP contribution is 1.99. The van der Waals surface area contributed by atoms with E-state index in [-0.39, 0.29) is 6.10 Å². The molecule has 0 aromatic heterocycles. The molecule has 2 heteroatoms. The Bertz CT molecular complexity index is 168. The lowest BCUT2D eigenvalue weighted by Crippen LogP contribution is -2.30. The van der Waals surface area contributed by atoms with Crippen molar-refractivity contribution in [3.05, 3.63) is 36.4 Å². The zero-order valence-electron chi connectivity index (χ0n) is 7.82. The van der Waals surface area contributed by atoms with Crippen molar-refractivity contribution in [2.45, 2.75) is 18.9 Å². The average Bonchev–Trinajstić information content (AvgIpc) is 2.22. The maximum Gasteiger partial charge on any atom is 0.0564 e. The summed E-state index contributed by atoms with van der Waals surface area (Å²) >= 11 is 0. The molecule has 0 atom stereocenters. The van der Waals surface area contributed by atoms with Gasteiger partial charge in [-0.25, -0.2) is 0 Å². The van der Waals surface area contributed by atoms with Crippen molar-refractivity contribution in [1.29, 1.82) is 0 Å². The van der Waals surface area contributed by atoms with Gasteiger partial charge in [0.25, 0.3) is 0 Å². The van der Waals surface area contributed by atoms with Gasteiger partial charge in [0.2, 0.25) is 0 Å². The minimum atomic E-state index is -0.0266. The van der Waals surface area contributed by atoms with Gasteiger partial charge < -0.3 is 10.4 Å². The molecule has 1 aliphatic heterocycles. The minimum Gasteiger partial charge on any atom is -0.393 e. The third-order valence-corrected chi connectivity index (χ3v) is 1.98. The molecule has 0 spiro atoms. The number of hydrogen-bond donors (Lipinski definition) is 2. The van der Waals surface area contributed by atoms with Gasteiger partial charge in [0.1, 0.15) is 0 Å². The van der Waals surface area contributed by atoms with E-state index in [0.29, 0.717) is 0 Å². The first kappa shape index (κ1) is 10.2. The fraction of sp³-hybridized carbons (Fsp3) is 0.455. The second kappa shape index (κ2) is 6.63. The van der Waals surface area contributed by atoms with Crippen LogP contribution in [-0.4, -0.2) is 24.3 Å². The third-order valence-electron chi connectivity index (χ3n) is 1.98. The molecule has 0 aliphatic carbocycles. The predicted octanol–water partition coefficient (Wildman–Crippen LogP) is 1.42. The summed E-state index contributed by atoms with van der Waals surface area (Å²) in [7, 11) is 0. The van der Waals surface area contributed by atoms with Crippen LogP contribution in [0.4, 0.5) is 0 Å². The Balaban J connectivity index is 0.000000132. The van der Waals surface area contributed by atoms with Crippen molar-refractivity contribution in [2.75, 3.05) is 13.1 Å². The normalized spacial score (nSPS) is 17.3. The number of piperidine rings is 1. The Morgan fingerprint density at radius 1 is 0.846 bits per heavy atom. The van der Waals surface area contributed by atoms with Crippen LogP contribution >= 0.6 is 0 Å². The highest BCUT2D eigenvalue weighted by Gasteiger charge is 2.06. The molecule has 72 valence electrons. The topological polar surface area (TPSA) is 32.3 Å². The summed E-state index contributed by atoms with van der Waals surface area (Å²) in [6, 6.07) is 12.0. The second-order valence-corrected chi connectivity index (χ2v) is 3.14. The molecule has 2 nitrogen and oxygen atoms in total. The molecule has 1 aromatic rings. The summed E-state index contributed by atoms with van der Waals surface area (Å²) < 4.78 is 0. The van der Waals surface area contributed by atoms with Gasteiger partial charge in [-0.1, -0.05) is 36.4 Å². The Hall–Kier alpha value is -0.860. The molecule has 0 radical (unpaired) electrons. The van der Waals surface area contributed by atoms with E-state index in [4.69, 9.17) is 5.11 Å². The maximum absolute atomic E-state index is 8.87. The van der Waals surface area contributed by atoms with Gasteiger partial charge >= 0.3 is 0 Å². The first-order valence-corrected chi connectivity index (χ1v) is 4.78. The minimum absolute atomic E-state index is 0.0266. The molecule has 2 N–H and O–H groups in total. The lowest BCUT2D eigenvalue weighted by molar-refractivity contribution is 0.137. The molecule has 1 fully saturated rings.